The van der Waals surface area contributed by atoms with Crippen molar-refractivity contribution in [2.75, 3.05) is 20.6 Å². The number of benzene rings is 1. The van der Waals surface area contributed by atoms with Crippen LogP contribution in [0.5, 0.6) is 0 Å². The number of hydrogen-bond donors (Lipinski definition) is 1. The number of β-amino-alcohol motifs (C(OH)–C–C–N with tert-alkyl or cyclic N) is 1. The molecule has 0 amide bonds. The van der Waals surface area contributed by atoms with Gasteiger partial charge in [-0.25, -0.2) is 0 Å². The number of aliphatic imine (C=N–C) groups is 1. The fourth-order valence-corrected chi connectivity index (χ4v) is 3.27. The van der Waals surface area contributed by atoms with Crippen molar-refractivity contribution >= 4 is 24.0 Å². The van der Waals surface area contributed by atoms with Crippen LogP contribution >= 0.6 is 11.6 Å². The first-order valence-corrected chi connectivity index (χ1v) is 8.12. The van der Waals surface area contributed by atoms with Crippen molar-refractivity contribution in [1.82, 2.24) is 5.01 Å². The predicted molar refractivity (Wildman–Crippen MR) is 90.2 cm³/mol. The lowest BCUT2D eigenvalue weighted by Gasteiger charge is -2.37. The summed E-state index contributed by atoms with van der Waals surface area (Å²) >= 11 is 5.94. The average molecular weight is 321 g/mol. The van der Waals surface area contributed by atoms with E-state index in [9.17, 15) is 5.11 Å². The van der Waals surface area contributed by atoms with Crippen molar-refractivity contribution in [3.05, 3.63) is 40.7 Å². The summed E-state index contributed by atoms with van der Waals surface area (Å²) in [4.78, 5) is 4.55. The predicted octanol–water partition coefficient (Wildman–Crippen LogP) is 3.28. The van der Waals surface area contributed by atoms with Crippen molar-refractivity contribution < 1.29 is 9.70 Å². The Balaban J connectivity index is 1.85. The zero-order valence-electron chi connectivity index (χ0n) is 13.2. The molecule has 0 bridgehead atoms. The van der Waals surface area contributed by atoms with Crippen LogP contribution in [-0.2, 0) is 0 Å². The highest BCUT2D eigenvalue weighted by Gasteiger charge is 2.41. The summed E-state index contributed by atoms with van der Waals surface area (Å²) in [5.41, 5.74) is 0.462. The van der Waals surface area contributed by atoms with E-state index in [0.717, 1.165) is 42.1 Å². The lowest BCUT2D eigenvalue weighted by atomic mass is 10.0. The SMILES string of the molecule is C[N+]1(C)C=NC(=Cc2ccc(Cl)cc2)N1CC1(O)CCCC1. The topological polar surface area (TPSA) is 35.8 Å². The highest BCUT2D eigenvalue weighted by Crippen LogP contribution is 2.34. The van der Waals surface area contributed by atoms with Gasteiger partial charge < -0.3 is 5.11 Å². The van der Waals surface area contributed by atoms with Gasteiger partial charge in [0, 0.05) is 5.02 Å². The van der Waals surface area contributed by atoms with E-state index in [-0.39, 0.29) is 0 Å². The van der Waals surface area contributed by atoms with E-state index in [1.54, 1.807) is 0 Å². The van der Waals surface area contributed by atoms with Gasteiger partial charge in [0.1, 0.15) is 0 Å². The number of aliphatic hydroxyl groups is 1. The van der Waals surface area contributed by atoms with Crippen LogP contribution in [0.15, 0.2) is 35.1 Å². The summed E-state index contributed by atoms with van der Waals surface area (Å²) in [5, 5.41) is 13.6. The third kappa shape index (κ3) is 3.19. The number of nitrogens with zero attached hydrogens (tertiary/aromatic N) is 3. The molecule has 4 nitrogen and oxygen atoms in total. The highest BCUT2D eigenvalue weighted by atomic mass is 35.5. The molecule has 0 radical (unpaired) electrons. The number of rotatable bonds is 3. The van der Waals surface area contributed by atoms with Crippen molar-refractivity contribution in [2.24, 2.45) is 4.99 Å². The van der Waals surface area contributed by atoms with Gasteiger partial charge in [0.05, 0.1) is 26.2 Å². The minimum Gasteiger partial charge on any atom is -0.388 e. The minimum absolute atomic E-state index is 0.529. The smallest absolute Gasteiger partial charge is 0.216 e. The number of halogens is 1. The summed E-state index contributed by atoms with van der Waals surface area (Å²) in [6.45, 7) is 0.611. The second-order valence-electron chi connectivity index (χ2n) is 6.77. The molecular formula is C17H23ClN3O+. The van der Waals surface area contributed by atoms with Gasteiger partial charge in [0.2, 0.25) is 6.34 Å². The first-order chi connectivity index (χ1) is 10.4. The van der Waals surface area contributed by atoms with Gasteiger partial charge in [0.25, 0.3) is 0 Å². The minimum atomic E-state index is -0.595. The Hall–Kier alpha value is -1.36. The fourth-order valence-electron chi connectivity index (χ4n) is 3.15. The fraction of sp³-hybridized carbons (Fsp3) is 0.471. The maximum absolute atomic E-state index is 10.8. The first-order valence-electron chi connectivity index (χ1n) is 7.75. The van der Waals surface area contributed by atoms with Crippen LogP contribution < -0.4 is 0 Å². The van der Waals surface area contributed by atoms with Gasteiger partial charge in [-0.1, -0.05) is 36.6 Å². The molecule has 1 fully saturated rings. The molecule has 1 aliphatic carbocycles. The molecular weight excluding hydrogens is 298 g/mol. The number of quaternary nitrogens is 1. The molecule has 118 valence electrons. The van der Waals surface area contributed by atoms with Gasteiger partial charge >= 0.3 is 0 Å². The molecule has 5 heteroatoms. The third-order valence-corrected chi connectivity index (χ3v) is 4.76. The Labute approximate surface area is 136 Å². The van der Waals surface area contributed by atoms with E-state index in [2.05, 4.69) is 24.1 Å². The second-order valence-corrected chi connectivity index (χ2v) is 7.20. The molecule has 3 rings (SSSR count). The molecule has 1 heterocycles. The summed E-state index contributed by atoms with van der Waals surface area (Å²) in [6.07, 6.45) is 7.90. The van der Waals surface area contributed by atoms with Crippen molar-refractivity contribution in [1.29, 1.82) is 0 Å². The summed E-state index contributed by atoms with van der Waals surface area (Å²) in [6, 6.07) is 7.71. The van der Waals surface area contributed by atoms with E-state index < -0.39 is 5.60 Å². The Kier molecular flexibility index (Phi) is 4.02. The van der Waals surface area contributed by atoms with Gasteiger partial charge in [-0.05, 0) is 36.6 Å². The third-order valence-electron chi connectivity index (χ3n) is 4.50. The zero-order valence-corrected chi connectivity index (χ0v) is 13.9. The van der Waals surface area contributed by atoms with Crippen molar-refractivity contribution in [3.63, 3.8) is 0 Å². The lowest BCUT2D eigenvalue weighted by molar-refractivity contribution is -0.907. The van der Waals surface area contributed by atoms with E-state index in [4.69, 9.17) is 11.6 Å². The van der Waals surface area contributed by atoms with Crippen molar-refractivity contribution in [2.45, 2.75) is 31.3 Å². The first kappa shape index (κ1) is 15.5. The standard InChI is InChI=1S/C17H23ClN3O/c1-21(2)13-19-16(11-14-5-7-15(18)8-6-14)20(21)12-17(22)9-3-4-10-17/h5-8,11,13,22H,3-4,9-10,12H2,1-2H3/q+1. The summed E-state index contributed by atoms with van der Waals surface area (Å²) in [7, 11) is 4.15. The molecule has 2 aliphatic rings. The molecule has 1 aromatic rings. The van der Waals surface area contributed by atoms with Crippen LogP contribution in [0.3, 0.4) is 0 Å². The largest absolute Gasteiger partial charge is 0.388 e. The summed E-state index contributed by atoms with van der Waals surface area (Å²) < 4.78 is 0.529. The van der Waals surface area contributed by atoms with Gasteiger partial charge in [-0.15, -0.1) is 0 Å². The van der Waals surface area contributed by atoms with Gasteiger partial charge in [-0.2, -0.15) is 14.6 Å². The maximum Gasteiger partial charge on any atom is 0.216 e. The average Bonchev–Trinajstić information content (AvgIpc) is 3.00. The van der Waals surface area contributed by atoms with E-state index in [1.807, 2.05) is 36.7 Å². The maximum atomic E-state index is 10.8. The molecule has 0 saturated heterocycles. The van der Waals surface area contributed by atoms with Crippen LogP contribution in [0.2, 0.25) is 5.02 Å². The lowest BCUT2D eigenvalue weighted by Crippen LogP contribution is -2.54. The van der Waals surface area contributed by atoms with Crippen LogP contribution in [0.25, 0.3) is 6.08 Å². The Morgan fingerprint density at radius 2 is 1.91 bits per heavy atom. The van der Waals surface area contributed by atoms with Gasteiger partial charge in [-0.3, -0.25) is 0 Å². The molecule has 1 aromatic carbocycles. The van der Waals surface area contributed by atoms with Crippen LogP contribution in [0.1, 0.15) is 31.2 Å². The van der Waals surface area contributed by atoms with Crippen LogP contribution in [-0.4, -0.2) is 47.3 Å². The second kappa shape index (κ2) is 5.69. The van der Waals surface area contributed by atoms with Gasteiger partial charge in [0.15, 0.2) is 5.82 Å². The normalized spacial score (nSPS) is 24.4. The van der Waals surface area contributed by atoms with Crippen LogP contribution in [0.4, 0.5) is 0 Å². The quantitative estimate of drug-likeness (QED) is 0.868. The monoisotopic (exact) mass is 320 g/mol. The molecule has 0 atom stereocenters. The molecule has 0 aromatic heterocycles. The molecule has 1 N–H and O–H groups in total. The molecule has 22 heavy (non-hydrogen) atoms. The zero-order chi connectivity index (χ0) is 15.8. The molecule has 1 saturated carbocycles. The highest BCUT2D eigenvalue weighted by molar-refractivity contribution is 6.30. The Bertz CT molecular complexity index is 601. The Morgan fingerprint density at radius 1 is 1.27 bits per heavy atom. The van der Waals surface area contributed by atoms with Crippen LogP contribution in [0, 0.1) is 0 Å². The number of hydrogen-bond acceptors (Lipinski definition) is 3. The summed E-state index contributed by atoms with van der Waals surface area (Å²) in [5.74, 6) is 0.882. The van der Waals surface area contributed by atoms with E-state index >= 15 is 0 Å². The molecule has 0 spiro atoms. The molecule has 1 aliphatic heterocycles. The van der Waals surface area contributed by atoms with Crippen molar-refractivity contribution in [3.8, 4) is 0 Å². The van der Waals surface area contributed by atoms with E-state index in [0.29, 0.717) is 11.1 Å². The molecule has 0 unspecified atom stereocenters. The Morgan fingerprint density at radius 3 is 2.55 bits per heavy atom. The van der Waals surface area contributed by atoms with E-state index in [1.165, 1.54) is 0 Å².